The molecule has 1 aromatic heterocycles. The number of alkyl halides is 2. The van der Waals surface area contributed by atoms with Gasteiger partial charge in [0, 0.05) is 16.9 Å². The Morgan fingerprint density at radius 1 is 1.50 bits per heavy atom. The Balaban J connectivity index is 3.45. The number of hydrogen-bond acceptors (Lipinski definition) is 3. The fourth-order valence-electron chi connectivity index (χ4n) is 0.909. The molecule has 1 rings (SSSR count). The van der Waals surface area contributed by atoms with Crippen molar-refractivity contribution in [2.45, 2.75) is 11.5 Å². The zero-order chi connectivity index (χ0) is 10.9. The van der Waals surface area contributed by atoms with E-state index in [1.54, 1.807) is 0 Å². The molecule has 78 valence electrons. The summed E-state index contributed by atoms with van der Waals surface area (Å²) in [7, 11) is -3.71. The van der Waals surface area contributed by atoms with Crippen molar-refractivity contribution in [3.05, 3.63) is 22.3 Å². The average molecular weight is 286 g/mol. The van der Waals surface area contributed by atoms with Crippen LogP contribution in [0.15, 0.2) is 21.8 Å². The fourth-order valence-corrected chi connectivity index (χ4v) is 2.08. The summed E-state index contributed by atoms with van der Waals surface area (Å²) in [5.74, 6) is 0. The highest BCUT2D eigenvalue weighted by Crippen LogP contribution is 2.27. The first-order valence-corrected chi connectivity index (χ1v) is 6.14. The van der Waals surface area contributed by atoms with Crippen LogP contribution in [0.1, 0.15) is 12.0 Å². The summed E-state index contributed by atoms with van der Waals surface area (Å²) < 4.78 is 47.3. The molecule has 0 aliphatic rings. The molecule has 0 radical (unpaired) electrons. The zero-order valence-electron chi connectivity index (χ0n) is 7.04. The fraction of sp³-hybridized carbons (Fsp3) is 0.286. The Bertz CT molecular complexity index is 447. The third-order valence-electron chi connectivity index (χ3n) is 1.43. The molecule has 1 heterocycles. The van der Waals surface area contributed by atoms with Crippen LogP contribution in [0.3, 0.4) is 0 Å². The quantitative estimate of drug-likeness (QED) is 0.837. The van der Waals surface area contributed by atoms with Gasteiger partial charge in [0.15, 0.2) is 14.9 Å². The molecule has 0 bridgehead atoms. The molecule has 0 aliphatic heterocycles. The van der Waals surface area contributed by atoms with E-state index in [9.17, 15) is 17.2 Å². The van der Waals surface area contributed by atoms with Gasteiger partial charge in [-0.2, -0.15) is 0 Å². The molecule has 3 nitrogen and oxygen atoms in total. The lowest BCUT2D eigenvalue weighted by Crippen LogP contribution is -2.05. The molecule has 0 aromatic carbocycles. The normalized spacial score (nSPS) is 12.1. The average Bonchev–Trinajstić information content (AvgIpc) is 2.01. The van der Waals surface area contributed by atoms with Gasteiger partial charge >= 0.3 is 0 Å². The predicted octanol–water partition coefficient (Wildman–Crippen LogP) is 2.19. The number of aromatic nitrogens is 1. The van der Waals surface area contributed by atoms with E-state index in [1.165, 1.54) is 6.20 Å². The van der Waals surface area contributed by atoms with Gasteiger partial charge in [-0.05, 0) is 22.0 Å². The summed E-state index contributed by atoms with van der Waals surface area (Å²) in [4.78, 5) is 3.46. The summed E-state index contributed by atoms with van der Waals surface area (Å²) in [6.45, 7) is 0. The van der Waals surface area contributed by atoms with Crippen LogP contribution in [0.2, 0.25) is 0 Å². The molecular formula is C7H6BrF2NO2S. The molecule has 14 heavy (non-hydrogen) atoms. The molecule has 0 atom stereocenters. The van der Waals surface area contributed by atoms with Gasteiger partial charge < -0.3 is 0 Å². The number of pyridine rings is 1. The smallest absolute Gasteiger partial charge is 0.243 e. The third kappa shape index (κ3) is 2.48. The van der Waals surface area contributed by atoms with E-state index in [4.69, 9.17) is 0 Å². The van der Waals surface area contributed by atoms with Crippen LogP contribution in [0.4, 0.5) is 8.78 Å². The van der Waals surface area contributed by atoms with E-state index in [0.29, 0.717) is 4.47 Å². The van der Waals surface area contributed by atoms with Gasteiger partial charge in [-0.3, -0.25) is 0 Å². The van der Waals surface area contributed by atoms with E-state index in [1.807, 2.05) is 0 Å². The van der Waals surface area contributed by atoms with Gasteiger partial charge in [0.1, 0.15) is 0 Å². The van der Waals surface area contributed by atoms with Crippen molar-refractivity contribution in [3.8, 4) is 0 Å². The summed E-state index contributed by atoms with van der Waals surface area (Å²) in [5, 5.41) is -0.573. The van der Waals surface area contributed by atoms with Gasteiger partial charge in [0.25, 0.3) is 6.43 Å². The SMILES string of the molecule is CS(=O)(=O)c1ncc(Br)cc1C(F)F. The van der Waals surface area contributed by atoms with E-state index in [-0.39, 0.29) is 0 Å². The molecule has 0 spiro atoms. The summed E-state index contributed by atoms with van der Waals surface area (Å²) in [6.07, 6.45) is -0.845. The van der Waals surface area contributed by atoms with Gasteiger partial charge in [-0.1, -0.05) is 0 Å². The Morgan fingerprint density at radius 2 is 2.07 bits per heavy atom. The second-order valence-electron chi connectivity index (χ2n) is 2.62. The molecule has 0 fully saturated rings. The van der Waals surface area contributed by atoms with Crippen LogP contribution in [-0.2, 0) is 9.84 Å². The molecule has 0 saturated carbocycles. The van der Waals surface area contributed by atoms with Crippen molar-refractivity contribution >= 4 is 25.8 Å². The monoisotopic (exact) mass is 285 g/mol. The van der Waals surface area contributed by atoms with E-state index in [0.717, 1.165) is 12.3 Å². The minimum Gasteiger partial charge on any atom is -0.243 e. The number of halogens is 3. The third-order valence-corrected chi connectivity index (χ3v) is 2.91. The summed E-state index contributed by atoms with van der Waals surface area (Å²) in [6, 6.07) is 1.05. The van der Waals surface area contributed by atoms with Crippen LogP contribution < -0.4 is 0 Å². The molecule has 0 amide bonds. The Hall–Kier alpha value is -0.560. The van der Waals surface area contributed by atoms with E-state index >= 15 is 0 Å². The largest absolute Gasteiger partial charge is 0.266 e. The van der Waals surface area contributed by atoms with E-state index in [2.05, 4.69) is 20.9 Å². The molecule has 0 aliphatic carbocycles. The minimum atomic E-state index is -3.71. The first-order valence-electron chi connectivity index (χ1n) is 3.46. The standard InChI is InChI=1S/C7H6BrF2NO2S/c1-14(12,13)7-5(6(9)10)2-4(8)3-11-7/h2-3,6H,1H3. The number of rotatable bonds is 2. The highest BCUT2D eigenvalue weighted by atomic mass is 79.9. The predicted molar refractivity (Wildman–Crippen MR) is 50.0 cm³/mol. The second-order valence-corrected chi connectivity index (χ2v) is 5.47. The molecule has 0 unspecified atom stereocenters. The molecule has 0 N–H and O–H groups in total. The lowest BCUT2D eigenvalue weighted by Gasteiger charge is -2.05. The highest BCUT2D eigenvalue weighted by Gasteiger charge is 2.21. The van der Waals surface area contributed by atoms with E-state index < -0.39 is 26.9 Å². The summed E-state index contributed by atoms with van der Waals surface area (Å²) >= 11 is 2.94. The van der Waals surface area contributed by atoms with Crippen LogP contribution in [0.5, 0.6) is 0 Å². The maximum Gasteiger partial charge on any atom is 0.266 e. The van der Waals surface area contributed by atoms with Crippen molar-refractivity contribution in [2.75, 3.05) is 6.26 Å². The first-order chi connectivity index (χ1) is 6.32. The van der Waals surface area contributed by atoms with Crippen molar-refractivity contribution < 1.29 is 17.2 Å². The Morgan fingerprint density at radius 3 is 2.50 bits per heavy atom. The van der Waals surface area contributed by atoms with Crippen LogP contribution in [0, 0.1) is 0 Å². The molecule has 7 heteroatoms. The topological polar surface area (TPSA) is 47.0 Å². The lowest BCUT2D eigenvalue weighted by atomic mass is 10.3. The van der Waals surface area contributed by atoms with Crippen molar-refractivity contribution in [3.63, 3.8) is 0 Å². The van der Waals surface area contributed by atoms with Gasteiger partial charge in [0.2, 0.25) is 0 Å². The van der Waals surface area contributed by atoms with Crippen molar-refractivity contribution in [1.29, 1.82) is 0 Å². The molecule has 1 aromatic rings. The second kappa shape index (κ2) is 3.90. The zero-order valence-corrected chi connectivity index (χ0v) is 9.44. The Labute approximate surface area is 88.2 Å². The van der Waals surface area contributed by atoms with Crippen LogP contribution in [0.25, 0.3) is 0 Å². The summed E-state index contributed by atoms with van der Waals surface area (Å²) in [5.41, 5.74) is -0.582. The molecular weight excluding hydrogens is 280 g/mol. The van der Waals surface area contributed by atoms with Crippen molar-refractivity contribution in [1.82, 2.24) is 4.98 Å². The maximum absolute atomic E-state index is 12.4. The van der Waals surface area contributed by atoms with Gasteiger partial charge in [-0.25, -0.2) is 22.2 Å². The van der Waals surface area contributed by atoms with Gasteiger partial charge in [0.05, 0.1) is 5.56 Å². The molecule has 0 saturated heterocycles. The van der Waals surface area contributed by atoms with Crippen LogP contribution >= 0.6 is 15.9 Å². The first kappa shape index (κ1) is 11.5. The Kier molecular flexibility index (Phi) is 3.20. The lowest BCUT2D eigenvalue weighted by molar-refractivity contribution is 0.147. The highest BCUT2D eigenvalue weighted by molar-refractivity contribution is 9.10. The minimum absolute atomic E-state index is 0.320. The number of sulfone groups is 1. The number of hydrogen-bond donors (Lipinski definition) is 0. The maximum atomic E-state index is 12.4. The van der Waals surface area contributed by atoms with Crippen molar-refractivity contribution in [2.24, 2.45) is 0 Å². The van der Waals surface area contributed by atoms with Crippen LogP contribution in [-0.4, -0.2) is 19.7 Å². The number of nitrogens with zero attached hydrogens (tertiary/aromatic N) is 1. The van der Waals surface area contributed by atoms with Gasteiger partial charge in [-0.15, -0.1) is 0 Å².